The highest BCUT2D eigenvalue weighted by Crippen LogP contribution is 2.31. The topological polar surface area (TPSA) is 42.7 Å². The fourth-order valence-electron chi connectivity index (χ4n) is 4.63. The lowest BCUT2D eigenvalue weighted by atomic mass is 10.1. The molecule has 2 saturated heterocycles. The third-order valence-electron chi connectivity index (χ3n) is 6.60. The molecule has 0 atom stereocenters. The first-order valence-electron chi connectivity index (χ1n) is 12.0. The first-order chi connectivity index (χ1) is 16.1. The zero-order chi connectivity index (χ0) is 23.0. The van der Waals surface area contributed by atoms with Crippen molar-refractivity contribution in [2.24, 2.45) is 0 Å². The fourth-order valence-corrected chi connectivity index (χ4v) is 4.92. The van der Waals surface area contributed by atoms with Crippen molar-refractivity contribution >= 4 is 23.0 Å². The Bertz CT molecular complexity index is 971. The Labute approximate surface area is 202 Å². The van der Waals surface area contributed by atoms with Crippen LogP contribution in [0.5, 0.6) is 5.75 Å². The minimum Gasteiger partial charge on any atom is -0.493 e. The number of ether oxygens (including phenoxy) is 1. The Morgan fingerprint density at radius 3 is 2.36 bits per heavy atom. The summed E-state index contributed by atoms with van der Waals surface area (Å²) in [5.74, 6) is 0.843. The van der Waals surface area contributed by atoms with E-state index >= 15 is 0 Å². The second-order valence-electron chi connectivity index (χ2n) is 8.83. The van der Waals surface area contributed by atoms with Gasteiger partial charge >= 0.3 is 0 Å². The summed E-state index contributed by atoms with van der Waals surface area (Å²) in [6.07, 6.45) is 5.08. The first-order valence-corrected chi connectivity index (χ1v) is 12.4. The quantitative estimate of drug-likeness (QED) is 0.498. The minimum atomic E-state index is 0.667. The smallest absolute Gasteiger partial charge is 0.120 e. The minimum absolute atomic E-state index is 0.667. The van der Waals surface area contributed by atoms with E-state index in [0.29, 0.717) is 5.56 Å². The van der Waals surface area contributed by atoms with Crippen molar-refractivity contribution in [1.82, 2.24) is 9.80 Å². The highest BCUT2D eigenvalue weighted by atomic mass is 35.5. The summed E-state index contributed by atoms with van der Waals surface area (Å²) in [7, 11) is 0. The van der Waals surface area contributed by atoms with E-state index in [2.05, 4.69) is 33.4 Å². The molecule has 0 N–H and O–H groups in total. The molecule has 0 unspecified atom stereocenters. The molecule has 5 nitrogen and oxygen atoms in total. The first kappa shape index (κ1) is 23.5. The SMILES string of the molecule is C=C(c1ccc(C#N)cc1)N1CCN(c2ccc(OCCCN3CCCCC3)cc2Cl)CC1. The highest BCUT2D eigenvalue weighted by molar-refractivity contribution is 6.33. The van der Waals surface area contributed by atoms with Gasteiger partial charge in [0.1, 0.15) is 5.75 Å². The molecule has 0 amide bonds. The highest BCUT2D eigenvalue weighted by Gasteiger charge is 2.21. The molecule has 0 radical (unpaired) electrons. The van der Waals surface area contributed by atoms with Crippen LogP contribution in [0.25, 0.3) is 5.70 Å². The second kappa shape index (κ2) is 11.4. The van der Waals surface area contributed by atoms with Gasteiger partial charge in [-0.2, -0.15) is 5.26 Å². The van der Waals surface area contributed by atoms with Crippen LogP contribution in [0.2, 0.25) is 5.02 Å². The van der Waals surface area contributed by atoms with Gasteiger partial charge in [-0.1, -0.05) is 36.7 Å². The van der Waals surface area contributed by atoms with Gasteiger partial charge in [-0.25, -0.2) is 0 Å². The maximum atomic E-state index is 8.99. The van der Waals surface area contributed by atoms with Gasteiger partial charge in [-0.05, 0) is 62.2 Å². The summed E-state index contributed by atoms with van der Waals surface area (Å²) < 4.78 is 5.96. The molecule has 2 aliphatic rings. The number of likely N-dealkylation sites (tertiary alicyclic amines) is 1. The predicted octanol–water partition coefficient (Wildman–Crippen LogP) is 5.26. The van der Waals surface area contributed by atoms with Gasteiger partial charge in [-0.3, -0.25) is 0 Å². The van der Waals surface area contributed by atoms with Crippen LogP contribution < -0.4 is 9.64 Å². The zero-order valence-electron chi connectivity index (χ0n) is 19.3. The molecule has 0 aromatic heterocycles. The number of hydrogen-bond acceptors (Lipinski definition) is 5. The molecule has 2 fully saturated rings. The molecule has 6 heteroatoms. The summed E-state index contributed by atoms with van der Waals surface area (Å²) in [6, 6.07) is 15.8. The molecule has 33 heavy (non-hydrogen) atoms. The van der Waals surface area contributed by atoms with Crippen LogP contribution in [-0.2, 0) is 0 Å². The molecule has 0 spiro atoms. The average molecular weight is 465 g/mol. The monoisotopic (exact) mass is 464 g/mol. The van der Waals surface area contributed by atoms with E-state index in [4.69, 9.17) is 21.6 Å². The molecule has 0 bridgehead atoms. The van der Waals surface area contributed by atoms with E-state index in [1.54, 1.807) is 0 Å². The van der Waals surface area contributed by atoms with Crippen LogP contribution in [0.4, 0.5) is 5.69 Å². The van der Waals surface area contributed by atoms with Crippen LogP contribution in [-0.4, -0.2) is 62.2 Å². The average Bonchev–Trinajstić information content (AvgIpc) is 2.87. The van der Waals surface area contributed by atoms with Crippen LogP contribution in [0.1, 0.15) is 36.8 Å². The van der Waals surface area contributed by atoms with Crippen molar-refractivity contribution in [3.8, 4) is 11.8 Å². The second-order valence-corrected chi connectivity index (χ2v) is 9.23. The third kappa shape index (κ3) is 6.22. The number of piperazine rings is 1. The molecular weight excluding hydrogens is 432 g/mol. The van der Waals surface area contributed by atoms with Crippen LogP contribution in [0, 0.1) is 11.3 Å². The van der Waals surface area contributed by atoms with Crippen molar-refractivity contribution in [2.75, 3.05) is 57.3 Å². The molecule has 2 aliphatic heterocycles. The molecule has 2 heterocycles. The maximum Gasteiger partial charge on any atom is 0.120 e. The summed E-state index contributed by atoms with van der Waals surface area (Å²) in [5, 5.41) is 9.73. The Morgan fingerprint density at radius 1 is 0.970 bits per heavy atom. The summed E-state index contributed by atoms with van der Waals surface area (Å²) in [5.41, 5.74) is 3.78. The Balaban J connectivity index is 1.24. The zero-order valence-corrected chi connectivity index (χ0v) is 20.1. The summed E-state index contributed by atoms with van der Waals surface area (Å²) >= 11 is 6.63. The molecular formula is C27H33ClN4O. The molecule has 0 saturated carbocycles. The van der Waals surface area contributed by atoms with Crippen molar-refractivity contribution in [2.45, 2.75) is 25.7 Å². The fraction of sp³-hybridized carbons (Fsp3) is 0.444. The van der Waals surface area contributed by atoms with E-state index in [9.17, 15) is 0 Å². The number of nitriles is 1. The summed E-state index contributed by atoms with van der Waals surface area (Å²) in [6.45, 7) is 12.1. The van der Waals surface area contributed by atoms with E-state index < -0.39 is 0 Å². The number of rotatable bonds is 8. The van der Waals surface area contributed by atoms with E-state index in [0.717, 1.165) is 73.5 Å². The molecule has 2 aromatic carbocycles. The number of halogens is 1. The van der Waals surface area contributed by atoms with Gasteiger partial charge in [0.25, 0.3) is 0 Å². The van der Waals surface area contributed by atoms with Crippen LogP contribution in [0.3, 0.4) is 0 Å². The number of anilines is 1. The van der Waals surface area contributed by atoms with Gasteiger partial charge < -0.3 is 19.4 Å². The molecule has 4 rings (SSSR count). The summed E-state index contributed by atoms with van der Waals surface area (Å²) in [4.78, 5) is 7.16. The number of nitrogens with zero attached hydrogens (tertiary/aromatic N) is 4. The van der Waals surface area contributed by atoms with Gasteiger partial charge in [0.2, 0.25) is 0 Å². The Kier molecular flexibility index (Phi) is 8.15. The number of hydrogen-bond donors (Lipinski definition) is 0. The molecule has 0 aliphatic carbocycles. The van der Waals surface area contributed by atoms with Crippen molar-refractivity contribution in [3.63, 3.8) is 0 Å². The standard InChI is InChI=1S/C27H33ClN4O/c1-22(24-8-6-23(21-29)7-9-24)31-15-17-32(18-16-31)27-11-10-25(20-26(27)28)33-19-5-14-30-12-3-2-4-13-30/h6-11,20H,1-5,12-19H2. The van der Waals surface area contributed by atoms with Gasteiger partial charge in [0, 0.05) is 44.5 Å². The van der Waals surface area contributed by atoms with Crippen LogP contribution in [0.15, 0.2) is 49.0 Å². The van der Waals surface area contributed by atoms with Gasteiger partial charge in [0.05, 0.1) is 28.9 Å². The molecule has 2 aromatic rings. The lowest BCUT2D eigenvalue weighted by Gasteiger charge is -2.38. The largest absolute Gasteiger partial charge is 0.493 e. The van der Waals surface area contributed by atoms with E-state index in [1.807, 2.05) is 36.4 Å². The number of piperidine rings is 1. The van der Waals surface area contributed by atoms with E-state index in [1.165, 1.54) is 32.4 Å². The third-order valence-corrected chi connectivity index (χ3v) is 6.91. The van der Waals surface area contributed by atoms with Crippen molar-refractivity contribution in [1.29, 1.82) is 5.26 Å². The lowest BCUT2D eigenvalue weighted by molar-refractivity contribution is 0.205. The van der Waals surface area contributed by atoms with E-state index in [-0.39, 0.29) is 0 Å². The lowest BCUT2D eigenvalue weighted by Crippen LogP contribution is -2.45. The Morgan fingerprint density at radius 2 is 1.70 bits per heavy atom. The van der Waals surface area contributed by atoms with Crippen molar-refractivity contribution in [3.05, 3.63) is 65.2 Å². The molecule has 174 valence electrons. The predicted molar refractivity (Wildman–Crippen MR) is 136 cm³/mol. The maximum absolute atomic E-state index is 8.99. The van der Waals surface area contributed by atoms with Crippen molar-refractivity contribution < 1.29 is 4.74 Å². The van der Waals surface area contributed by atoms with Gasteiger partial charge in [0.15, 0.2) is 0 Å². The number of benzene rings is 2. The van der Waals surface area contributed by atoms with Crippen LogP contribution >= 0.6 is 11.6 Å². The normalized spacial score (nSPS) is 17.0. The van der Waals surface area contributed by atoms with Gasteiger partial charge in [-0.15, -0.1) is 0 Å². The Hall–Kier alpha value is -2.68.